The predicted molar refractivity (Wildman–Crippen MR) is 158 cm³/mol. The normalized spacial score (nSPS) is 14.2. The van der Waals surface area contributed by atoms with Crippen LogP contribution in [0.4, 0.5) is 5.69 Å². The number of hydrogen-bond acceptors (Lipinski definition) is 8. The third-order valence-electron chi connectivity index (χ3n) is 6.67. The number of imidazole rings is 1. The number of benzene rings is 2. The molecule has 40 heavy (non-hydrogen) atoms. The van der Waals surface area contributed by atoms with Gasteiger partial charge < -0.3 is 29.0 Å². The van der Waals surface area contributed by atoms with E-state index < -0.39 is 9.84 Å². The van der Waals surface area contributed by atoms with Crippen LogP contribution in [-0.4, -0.2) is 93.1 Å². The number of hydrogen-bond donors (Lipinski definition) is 1. The highest BCUT2D eigenvalue weighted by molar-refractivity contribution is 7.90. The number of thiocarbonyl (C=S) groups is 1. The van der Waals surface area contributed by atoms with E-state index in [4.69, 9.17) is 26.4 Å². The second-order valence-corrected chi connectivity index (χ2v) is 11.7. The number of nitrogens with zero attached hydrogens (tertiary/aromatic N) is 4. The van der Waals surface area contributed by atoms with E-state index in [1.165, 1.54) is 0 Å². The molecule has 0 spiro atoms. The zero-order valence-electron chi connectivity index (χ0n) is 23.0. The summed E-state index contributed by atoms with van der Waals surface area (Å²) in [5.41, 5.74) is 2.29. The van der Waals surface area contributed by atoms with Gasteiger partial charge >= 0.3 is 0 Å². The average Bonchev–Trinajstić information content (AvgIpc) is 3.38. The topological polar surface area (TPSA) is 98.2 Å². The highest BCUT2D eigenvalue weighted by atomic mass is 32.2. The molecule has 0 saturated carbocycles. The van der Waals surface area contributed by atoms with Crippen LogP contribution in [0.2, 0.25) is 0 Å². The summed E-state index contributed by atoms with van der Waals surface area (Å²) in [4.78, 5) is 8.77. The first-order valence-electron chi connectivity index (χ1n) is 13.2. The SMILES string of the molecule is COCCn1c(CN(CCN2CCOCC2)C(=S)Nc2ccc(OC)cc2)cnc1S(=O)(=O)Cc1ccccc1. The number of morpholine rings is 1. The van der Waals surface area contributed by atoms with E-state index in [2.05, 4.69) is 15.2 Å². The number of rotatable bonds is 13. The Labute approximate surface area is 241 Å². The molecule has 4 rings (SSSR count). The van der Waals surface area contributed by atoms with Gasteiger partial charge in [-0.25, -0.2) is 13.4 Å². The minimum Gasteiger partial charge on any atom is -0.497 e. The van der Waals surface area contributed by atoms with E-state index in [-0.39, 0.29) is 10.9 Å². The smallest absolute Gasteiger partial charge is 0.228 e. The van der Waals surface area contributed by atoms with Gasteiger partial charge in [-0.15, -0.1) is 0 Å². The van der Waals surface area contributed by atoms with Gasteiger partial charge in [0.25, 0.3) is 0 Å². The van der Waals surface area contributed by atoms with Gasteiger partial charge in [0.15, 0.2) is 5.11 Å². The van der Waals surface area contributed by atoms with Crippen LogP contribution < -0.4 is 10.1 Å². The molecule has 2 heterocycles. The highest BCUT2D eigenvalue weighted by Gasteiger charge is 2.25. The molecule has 1 saturated heterocycles. The molecule has 0 bridgehead atoms. The van der Waals surface area contributed by atoms with Crippen LogP contribution in [0.1, 0.15) is 11.3 Å². The van der Waals surface area contributed by atoms with Crippen molar-refractivity contribution in [3.05, 3.63) is 72.1 Å². The van der Waals surface area contributed by atoms with Crippen molar-refractivity contribution in [3.63, 3.8) is 0 Å². The Morgan fingerprint density at radius 2 is 1.80 bits per heavy atom. The van der Waals surface area contributed by atoms with E-state index in [0.29, 0.717) is 50.1 Å². The molecule has 0 radical (unpaired) electrons. The molecular formula is C28H37N5O5S2. The van der Waals surface area contributed by atoms with Crippen LogP contribution in [0.25, 0.3) is 0 Å². The number of sulfone groups is 1. The van der Waals surface area contributed by atoms with Crippen molar-refractivity contribution >= 4 is 32.9 Å². The first-order valence-corrected chi connectivity index (χ1v) is 15.3. The van der Waals surface area contributed by atoms with Crippen LogP contribution in [0.15, 0.2) is 66.0 Å². The first-order chi connectivity index (χ1) is 19.4. The molecule has 0 amide bonds. The Morgan fingerprint density at radius 1 is 1.07 bits per heavy atom. The van der Waals surface area contributed by atoms with Gasteiger partial charge in [0.1, 0.15) is 5.75 Å². The molecule has 1 N–H and O–H groups in total. The molecule has 1 aliphatic heterocycles. The van der Waals surface area contributed by atoms with E-state index >= 15 is 0 Å². The van der Waals surface area contributed by atoms with Crippen molar-refractivity contribution in [3.8, 4) is 5.75 Å². The van der Waals surface area contributed by atoms with Crippen LogP contribution >= 0.6 is 12.2 Å². The molecule has 0 atom stereocenters. The summed E-state index contributed by atoms with van der Waals surface area (Å²) in [5.74, 6) is 0.627. The second kappa shape index (κ2) is 14.6. The van der Waals surface area contributed by atoms with E-state index in [1.807, 2.05) is 47.4 Å². The Kier molecular flexibility index (Phi) is 10.9. The molecule has 1 fully saturated rings. The molecule has 216 valence electrons. The maximum Gasteiger partial charge on any atom is 0.228 e. The molecule has 0 unspecified atom stereocenters. The van der Waals surface area contributed by atoms with Gasteiger partial charge in [0.05, 0.1) is 51.1 Å². The molecule has 12 heteroatoms. The third-order valence-corrected chi connectivity index (χ3v) is 8.63. The lowest BCUT2D eigenvalue weighted by atomic mass is 10.2. The fourth-order valence-electron chi connectivity index (χ4n) is 4.46. The Balaban J connectivity index is 1.57. The van der Waals surface area contributed by atoms with Crippen LogP contribution in [-0.2, 0) is 38.2 Å². The lowest BCUT2D eigenvalue weighted by Gasteiger charge is -2.31. The predicted octanol–water partition coefficient (Wildman–Crippen LogP) is 3.04. The summed E-state index contributed by atoms with van der Waals surface area (Å²) in [6.07, 6.45) is 1.63. The zero-order valence-corrected chi connectivity index (χ0v) is 24.6. The molecule has 2 aromatic carbocycles. The average molecular weight is 588 g/mol. The Bertz CT molecular complexity index is 1330. The largest absolute Gasteiger partial charge is 0.497 e. The van der Waals surface area contributed by atoms with E-state index in [9.17, 15) is 8.42 Å². The number of ether oxygens (including phenoxy) is 3. The van der Waals surface area contributed by atoms with Crippen molar-refractivity contribution in [1.29, 1.82) is 0 Å². The van der Waals surface area contributed by atoms with Crippen molar-refractivity contribution in [2.24, 2.45) is 0 Å². The molecule has 3 aromatic rings. The standard InChI is InChI=1S/C28H37N5O5S2/c1-36-17-16-33-25(20-29-28(33)40(34,35)22-23-6-4-3-5-7-23)21-32(13-12-31-14-18-38-19-15-31)27(39)30-24-8-10-26(37-2)11-9-24/h3-11,20H,12-19,21-22H2,1-2H3,(H,30,39). The van der Waals surface area contributed by atoms with Crippen LogP contribution in [0, 0.1) is 0 Å². The Hall–Kier alpha value is -3.03. The maximum absolute atomic E-state index is 13.4. The van der Waals surface area contributed by atoms with Gasteiger partial charge in [0.2, 0.25) is 15.0 Å². The fraction of sp³-hybridized carbons (Fsp3) is 0.429. The third kappa shape index (κ3) is 8.24. The lowest BCUT2D eigenvalue weighted by molar-refractivity contribution is 0.0357. The van der Waals surface area contributed by atoms with Gasteiger partial charge in [-0.05, 0) is 42.0 Å². The van der Waals surface area contributed by atoms with Crippen molar-refractivity contribution in [2.45, 2.75) is 24.0 Å². The minimum absolute atomic E-state index is 0.0329. The number of nitrogens with one attached hydrogen (secondary N) is 1. The molecular weight excluding hydrogens is 550 g/mol. The Morgan fingerprint density at radius 3 is 2.48 bits per heavy atom. The molecule has 0 aliphatic carbocycles. The molecule has 1 aromatic heterocycles. The second-order valence-electron chi connectivity index (χ2n) is 9.46. The number of aromatic nitrogens is 2. The monoisotopic (exact) mass is 587 g/mol. The summed E-state index contributed by atoms with van der Waals surface area (Å²) in [5, 5.41) is 3.89. The molecule has 10 nitrogen and oxygen atoms in total. The van der Waals surface area contributed by atoms with Gasteiger partial charge in [-0.3, -0.25) is 4.90 Å². The van der Waals surface area contributed by atoms with Crippen LogP contribution in [0.5, 0.6) is 5.75 Å². The van der Waals surface area contributed by atoms with Crippen molar-refractivity contribution < 1.29 is 22.6 Å². The number of anilines is 1. The van der Waals surface area contributed by atoms with Gasteiger partial charge in [-0.1, -0.05) is 30.3 Å². The fourth-order valence-corrected chi connectivity index (χ4v) is 6.25. The first kappa shape index (κ1) is 29.9. The van der Waals surface area contributed by atoms with Gasteiger partial charge in [0, 0.05) is 45.5 Å². The summed E-state index contributed by atoms with van der Waals surface area (Å²) >= 11 is 5.85. The van der Waals surface area contributed by atoms with E-state index in [1.54, 1.807) is 37.1 Å². The van der Waals surface area contributed by atoms with Crippen LogP contribution in [0.3, 0.4) is 0 Å². The zero-order chi connectivity index (χ0) is 28.4. The lowest BCUT2D eigenvalue weighted by Crippen LogP contribution is -2.44. The summed E-state index contributed by atoms with van der Waals surface area (Å²) in [6.45, 7) is 5.65. The summed E-state index contributed by atoms with van der Waals surface area (Å²) < 4.78 is 44.7. The van der Waals surface area contributed by atoms with Crippen molar-refractivity contribution in [1.82, 2.24) is 19.4 Å². The van der Waals surface area contributed by atoms with Crippen molar-refractivity contribution in [2.75, 3.05) is 65.5 Å². The van der Waals surface area contributed by atoms with E-state index in [0.717, 1.165) is 36.8 Å². The highest BCUT2D eigenvalue weighted by Crippen LogP contribution is 2.20. The summed E-state index contributed by atoms with van der Waals surface area (Å²) in [6, 6.07) is 16.7. The molecule has 1 aliphatic rings. The number of methoxy groups -OCH3 is 2. The minimum atomic E-state index is -3.70. The maximum atomic E-state index is 13.4. The quantitative estimate of drug-likeness (QED) is 0.301. The summed E-state index contributed by atoms with van der Waals surface area (Å²) in [7, 11) is -0.478. The van der Waals surface area contributed by atoms with Gasteiger partial charge in [-0.2, -0.15) is 0 Å².